The maximum absolute atomic E-state index is 11.6. The van der Waals surface area contributed by atoms with Gasteiger partial charge in [0, 0.05) is 11.6 Å². The van der Waals surface area contributed by atoms with Crippen LogP contribution in [0.5, 0.6) is 0 Å². The van der Waals surface area contributed by atoms with E-state index in [4.69, 9.17) is 9.47 Å². The van der Waals surface area contributed by atoms with Gasteiger partial charge in [0.2, 0.25) is 0 Å². The Morgan fingerprint density at radius 1 is 1.04 bits per heavy atom. The van der Waals surface area contributed by atoms with Crippen molar-refractivity contribution in [3.05, 3.63) is 24.8 Å². The number of carbonyl (C=O) groups excluding carboxylic acids is 2. The van der Waals surface area contributed by atoms with Crippen molar-refractivity contribution in [2.24, 2.45) is 35.5 Å². The molecule has 4 nitrogen and oxygen atoms in total. The van der Waals surface area contributed by atoms with E-state index in [-0.39, 0.29) is 11.9 Å². The lowest BCUT2D eigenvalue weighted by molar-refractivity contribution is -0.141. The zero-order chi connectivity index (χ0) is 16.6. The summed E-state index contributed by atoms with van der Waals surface area (Å²) < 4.78 is 10.6. The van der Waals surface area contributed by atoms with Crippen LogP contribution in [-0.4, -0.2) is 25.2 Å². The number of fused-ring (bicyclic) bond motifs is 5. The number of hydrogen-bond donors (Lipinski definition) is 0. The highest BCUT2D eigenvalue weighted by molar-refractivity contribution is 5.86. The van der Waals surface area contributed by atoms with Crippen LogP contribution < -0.4 is 0 Å². The molecule has 0 aromatic carbocycles. The van der Waals surface area contributed by atoms with Crippen LogP contribution in [0.2, 0.25) is 0 Å². The SMILES string of the molecule is C=CC(=O)OCC1CC2C3CC(COC(=O)C(=C)C)C(C3)C2C1. The van der Waals surface area contributed by atoms with Gasteiger partial charge in [0.1, 0.15) is 0 Å². The first-order chi connectivity index (χ1) is 11.0. The Morgan fingerprint density at radius 3 is 2.48 bits per heavy atom. The third-order valence-corrected chi connectivity index (χ3v) is 6.11. The zero-order valence-corrected chi connectivity index (χ0v) is 13.8. The molecule has 3 rings (SSSR count). The van der Waals surface area contributed by atoms with E-state index >= 15 is 0 Å². The summed E-state index contributed by atoms with van der Waals surface area (Å²) in [6, 6.07) is 0. The Balaban J connectivity index is 1.51. The van der Waals surface area contributed by atoms with Gasteiger partial charge in [-0.15, -0.1) is 0 Å². The number of carbonyl (C=O) groups is 2. The summed E-state index contributed by atoms with van der Waals surface area (Å²) in [4.78, 5) is 22.8. The normalized spacial score (nSPS) is 37.3. The summed E-state index contributed by atoms with van der Waals surface area (Å²) in [5, 5.41) is 0. The van der Waals surface area contributed by atoms with Crippen molar-refractivity contribution < 1.29 is 19.1 Å². The lowest BCUT2D eigenvalue weighted by Gasteiger charge is -2.31. The molecular formula is C19H26O4. The van der Waals surface area contributed by atoms with Gasteiger partial charge in [0.05, 0.1) is 13.2 Å². The predicted octanol–water partition coefficient (Wildman–Crippen LogP) is 3.13. The van der Waals surface area contributed by atoms with E-state index in [1.165, 1.54) is 25.3 Å². The third-order valence-electron chi connectivity index (χ3n) is 6.11. The minimum Gasteiger partial charge on any atom is -0.462 e. The Hall–Kier alpha value is -1.58. The highest BCUT2D eigenvalue weighted by atomic mass is 16.5. The molecule has 0 aromatic heterocycles. The molecule has 23 heavy (non-hydrogen) atoms. The zero-order valence-electron chi connectivity index (χ0n) is 13.8. The second-order valence-electron chi connectivity index (χ2n) is 7.53. The van der Waals surface area contributed by atoms with Crippen LogP contribution in [0.25, 0.3) is 0 Å². The van der Waals surface area contributed by atoms with Gasteiger partial charge in [-0.1, -0.05) is 13.2 Å². The predicted molar refractivity (Wildman–Crippen MR) is 86.3 cm³/mol. The van der Waals surface area contributed by atoms with Gasteiger partial charge in [0.15, 0.2) is 0 Å². The number of hydrogen-bond acceptors (Lipinski definition) is 4. The fourth-order valence-electron chi connectivity index (χ4n) is 5.22. The lowest BCUT2D eigenvalue weighted by Crippen LogP contribution is -2.28. The van der Waals surface area contributed by atoms with E-state index in [1.54, 1.807) is 6.92 Å². The highest BCUT2D eigenvalue weighted by Crippen LogP contribution is 2.62. The molecular weight excluding hydrogens is 292 g/mol. The van der Waals surface area contributed by atoms with Gasteiger partial charge in [-0.3, -0.25) is 0 Å². The number of ether oxygens (including phenoxy) is 2. The Bertz CT molecular complexity index is 523. The lowest BCUT2D eigenvalue weighted by atomic mass is 9.76. The number of esters is 2. The summed E-state index contributed by atoms with van der Waals surface area (Å²) in [6.45, 7) is 9.80. The van der Waals surface area contributed by atoms with Crippen molar-refractivity contribution in [2.45, 2.75) is 32.6 Å². The Labute approximate surface area is 137 Å². The molecule has 6 atom stereocenters. The molecule has 3 aliphatic carbocycles. The first kappa shape index (κ1) is 16.3. The largest absolute Gasteiger partial charge is 0.462 e. The van der Waals surface area contributed by atoms with E-state index < -0.39 is 0 Å². The van der Waals surface area contributed by atoms with Crippen LogP contribution in [0.1, 0.15) is 32.6 Å². The molecule has 0 heterocycles. The van der Waals surface area contributed by atoms with Crippen LogP contribution in [0.4, 0.5) is 0 Å². The second-order valence-corrected chi connectivity index (χ2v) is 7.53. The summed E-state index contributed by atoms with van der Waals surface area (Å²) in [6.07, 6.45) is 6.00. The van der Waals surface area contributed by atoms with Crippen LogP contribution in [-0.2, 0) is 19.1 Å². The van der Waals surface area contributed by atoms with E-state index in [2.05, 4.69) is 13.2 Å². The molecule has 0 spiro atoms. The topological polar surface area (TPSA) is 52.6 Å². The van der Waals surface area contributed by atoms with Gasteiger partial charge in [-0.25, -0.2) is 9.59 Å². The average Bonchev–Trinajstić information content (AvgIpc) is 3.20. The standard InChI is InChI=1S/C19H26O4/c1-4-18(20)22-9-12-5-15-13-7-14(10-23-19(21)11(2)3)16(8-13)17(15)6-12/h4,12-17H,1-2,5-10H2,3H3. The summed E-state index contributed by atoms with van der Waals surface area (Å²) in [5.74, 6) is 3.31. The van der Waals surface area contributed by atoms with Gasteiger partial charge < -0.3 is 9.47 Å². The fourth-order valence-corrected chi connectivity index (χ4v) is 5.22. The van der Waals surface area contributed by atoms with E-state index in [1.807, 2.05) is 0 Å². The summed E-state index contributed by atoms with van der Waals surface area (Å²) in [5.41, 5.74) is 0.469. The van der Waals surface area contributed by atoms with E-state index in [9.17, 15) is 9.59 Å². The van der Waals surface area contributed by atoms with E-state index in [0.29, 0.717) is 36.5 Å². The first-order valence-electron chi connectivity index (χ1n) is 8.61. The van der Waals surface area contributed by atoms with Crippen molar-refractivity contribution in [1.82, 2.24) is 0 Å². The van der Waals surface area contributed by atoms with Gasteiger partial charge in [-0.2, -0.15) is 0 Å². The maximum atomic E-state index is 11.6. The van der Waals surface area contributed by atoms with Gasteiger partial charge in [0.25, 0.3) is 0 Å². The molecule has 3 aliphatic rings. The van der Waals surface area contributed by atoms with Crippen molar-refractivity contribution in [2.75, 3.05) is 13.2 Å². The monoisotopic (exact) mass is 318 g/mol. The average molecular weight is 318 g/mol. The molecule has 0 N–H and O–H groups in total. The van der Waals surface area contributed by atoms with Crippen LogP contribution in [0, 0.1) is 35.5 Å². The molecule has 3 fully saturated rings. The minimum absolute atomic E-state index is 0.273. The molecule has 3 saturated carbocycles. The Kier molecular flexibility index (Phi) is 4.60. The van der Waals surface area contributed by atoms with Crippen molar-refractivity contribution >= 4 is 11.9 Å². The summed E-state index contributed by atoms with van der Waals surface area (Å²) >= 11 is 0. The second kappa shape index (κ2) is 6.50. The fraction of sp³-hybridized carbons (Fsp3) is 0.684. The smallest absolute Gasteiger partial charge is 0.333 e. The summed E-state index contributed by atoms with van der Waals surface area (Å²) in [7, 11) is 0. The molecule has 4 heteroatoms. The maximum Gasteiger partial charge on any atom is 0.333 e. The first-order valence-corrected chi connectivity index (χ1v) is 8.61. The van der Waals surface area contributed by atoms with Gasteiger partial charge >= 0.3 is 11.9 Å². The molecule has 0 aromatic rings. The van der Waals surface area contributed by atoms with Gasteiger partial charge in [-0.05, 0) is 68.1 Å². The van der Waals surface area contributed by atoms with Crippen LogP contribution >= 0.6 is 0 Å². The molecule has 2 bridgehead atoms. The minimum atomic E-state index is -0.324. The molecule has 0 amide bonds. The Morgan fingerprint density at radius 2 is 1.78 bits per heavy atom. The third kappa shape index (κ3) is 3.22. The molecule has 6 unspecified atom stereocenters. The number of rotatable bonds is 6. The van der Waals surface area contributed by atoms with Crippen molar-refractivity contribution in [3.63, 3.8) is 0 Å². The van der Waals surface area contributed by atoms with Crippen LogP contribution in [0.15, 0.2) is 24.8 Å². The molecule has 0 radical (unpaired) electrons. The highest BCUT2D eigenvalue weighted by Gasteiger charge is 2.55. The molecule has 126 valence electrons. The molecule has 0 aliphatic heterocycles. The molecule has 0 saturated heterocycles. The van der Waals surface area contributed by atoms with Crippen molar-refractivity contribution in [3.8, 4) is 0 Å². The van der Waals surface area contributed by atoms with E-state index in [0.717, 1.165) is 24.2 Å². The quantitative estimate of drug-likeness (QED) is 0.558. The van der Waals surface area contributed by atoms with Crippen molar-refractivity contribution in [1.29, 1.82) is 0 Å². The van der Waals surface area contributed by atoms with Crippen LogP contribution in [0.3, 0.4) is 0 Å².